The van der Waals surface area contributed by atoms with E-state index in [4.69, 9.17) is 11.7 Å². The Labute approximate surface area is 75.2 Å². The zero-order chi connectivity index (χ0) is 9.56. The highest BCUT2D eigenvalue weighted by Crippen LogP contribution is 2.20. The zero-order valence-corrected chi connectivity index (χ0v) is 8.04. The summed E-state index contributed by atoms with van der Waals surface area (Å²) in [4.78, 5) is 1.88. The molecule has 1 fully saturated rings. The smallest absolute Gasteiger partial charge is 0.0675 e. The van der Waals surface area contributed by atoms with E-state index in [-0.39, 0.29) is 5.92 Å². The SMILES string of the molecule is C#CN1CC(C#N)CC1C.CC. The largest absolute Gasteiger partial charge is 0.329 e. The molecule has 2 heteroatoms. The van der Waals surface area contributed by atoms with Crippen LogP contribution in [0, 0.1) is 29.7 Å². The van der Waals surface area contributed by atoms with Crippen molar-refractivity contribution in [3.8, 4) is 18.5 Å². The van der Waals surface area contributed by atoms with Gasteiger partial charge >= 0.3 is 0 Å². The molecule has 2 nitrogen and oxygen atoms in total. The number of nitriles is 1. The van der Waals surface area contributed by atoms with Crippen LogP contribution >= 0.6 is 0 Å². The van der Waals surface area contributed by atoms with Gasteiger partial charge in [-0.1, -0.05) is 20.3 Å². The minimum atomic E-state index is 0.144. The van der Waals surface area contributed by atoms with Gasteiger partial charge in [0.25, 0.3) is 0 Å². The highest BCUT2D eigenvalue weighted by atomic mass is 15.2. The summed E-state index contributed by atoms with van der Waals surface area (Å²) in [6.45, 7) is 6.80. The van der Waals surface area contributed by atoms with Crippen molar-refractivity contribution in [3.05, 3.63) is 0 Å². The van der Waals surface area contributed by atoms with Gasteiger partial charge in [-0.25, -0.2) is 0 Å². The Kier molecular flexibility index (Phi) is 4.97. The molecule has 0 bridgehead atoms. The molecular formula is C10H16N2. The lowest BCUT2D eigenvalue weighted by Gasteiger charge is -2.13. The van der Waals surface area contributed by atoms with E-state index in [1.807, 2.05) is 18.7 Å². The van der Waals surface area contributed by atoms with Gasteiger partial charge in [0, 0.05) is 18.6 Å². The fraction of sp³-hybridized carbons (Fsp3) is 0.700. The van der Waals surface area contributed by atoms with E-state index >= 15 is 0 Å². The van der Waals surface area contributed by atoms with Crippen LogP contribution in [0.1, 0.15) is 27.2 Å². The molecule has 0 spiro atoms. The van der Waals surface area contributed by atoms with Crippen LogP contribution in [0.15, 0.2) is 0 Å². The van der Waals surface area contributed by atoms with Gasteiger partial charge in [0.15, 0.2) is 0 Å². The standard InChI is InChI=1S/C8H10N2.C2H6/c1-3-10-6-8(5-9)4-7(10)2;1-2/h1,7-8H,4,6H2,2H3;1-2H3. The number of rotatable bonds is 0. The van der Waals surface area contributed by atoms with Crippen molar-refractivity contribution in [1.82, 2.24) is 4.90 Å². The summed E-state index contributed by atoms with van der Waals surface area (Å²) in [5.41, 5.74) is 0. The summed E-state index contributed by atoms with van der Waals surface area (Å²) in [6.07, 6.45) is 6.13. The lowest BCUT2D eigenvalue weighted by atomic mass is 10.1. The molecule has 0 aromatic heterocycles. The molecule has 0 aromatic rings. The van der Waals surface area contributed by atoms with Crippen LogP contribution in [-0.4, -0.2) is 17.5 Å². The molecule has 1 aliphatic heterocycles. The van der Waals surface area contributed by atoms with Gasteiger partial charge in [0.1, 0.15) is 0 Å². The highest BCUT2D eigenvalue weighted by molar-refractivity contribution is 5.01. The van der Waals surface area contributed by atoms with E-state index in [2.05, 4.69) is 19.0 Å². The summed E-state index contributed by atoms with van der Waals surface area (Å²) in [7, 11) is 0. The first-order valence-electron chi connectivity index (χ1n) is 4.40. The Morgan fingerprint density at radius 1 is 1.50 bits per heavy atom. The Morgan fingerprint density at radius 2 is 2.08 bits per heavy atom. The number of terminal acetylenes is 1. The van der Waals surface area contributed by atoms with Gasteiger partial charge in [-0.3, -0.25) is 0 Å². The zero-order valence-electron chi connectivity index (χ0n) is 8.04. The van der Waals surface area contributed by atoms with Crippen molar-refractivity contribution < 1.29 is 0 Å². The molecule has 2 atom stereocenters. The molecular weight excluding hydrogens is 148 g/mol. The first-order chi connectivity index (χ1) is 5.77. The van der Waals surface area contributed by atoms with Gasteiger partial charge in [0.2, 0.25) is 0 Å². The average molecular weight is 164 g/mol. The Hall–Kier alpha value is -1.15. The quantitative estimate of drug-likeness (QED) is 0.511. The lowest BCUT2D eigenvalue weighted by Crippen LogP contribution is -2.20. The normalized spacial score (nSPS) is 26.6. The van der Waals surface area contributed by atoms with Crippen LogP contribution in [0.4, 0.5) is 0 Å². The van der Waals surface area contributed by atoms with Gasteiger partial charge in [-0.2, -0.15) is 5.26 Å². The number of likely N-dealkylation sites (tertiary alicyclic amines) is 1. The predicted octanol–water partition coefficient (Wildman–Crippen LogP) is 1.84. The molecule has 12 heavy (non-hydrogen) atoms. The maximum Gasteiger partial charge on any atom is 0.0675 e. The minimum absolute atomic E-state index is 0.144. The molecule has 2 unspecified atom stereocenters. The van der Waals surface area contributed by atoms with Gasteiger partial charge in [-0.15, -0.1) is 0 Å². The Morgan fingerprint density at radius 3 is 2.33 bits per heavy atom. The Bertz CT molecular complexity index is 197. The van der Waals surface area contributed by atoms with E-state index in [0.717, 1.165) is 13.0 Å². The summed E-state index contributed by atoms with van der Waals surface area (Å²) < 4.78 is 0. The molecule has 0 saturated carbocycles. The Balaban J connectivity index is 0.000000561. The van der Waals surface area contributed by atoms with Crippen molar-refractivity contribution in [2.75, 3.05) is 6.54 Å². The topological polar surface area (TPSA) is 27.0 Å². The first kappa shape index (κ1) is 10.8. The summed E-state index contributed by atoms with van der Waals surface area (Å²) in [5.74, 6) is 0.144. The second kappa shape index (κ2) is 5.49. The third-order valence-electron chi connectivity index (χ3n) is 1.92. The molecule has 1 aliphatic rings. The fourth-order valence-corrected chi connectivity index (χ4v) is 1.30. The molecule has 0 aromatic carbocycles. The third-order valence-corrected chi connectivity index (χ3v) is 1.92. The van der Waals surface area contributed by atoms with E-state index in [1.165, 1.54) is 0 Å². The van der Waals surface area contributed by atoms with Crippen LogP contribution in [-0.2, 0) is 0 Å². The van der Waals surface area contributed by atoms with Crippen LogP contribution in [0.3, 0.4) is 0 Å². The molecule has 0 amide bonds. The summed E-state index contributed by atoms with van der Waals surface area (Å²) >= 11 is 0. The molecule has 1 heterocycles. The van der Waals surface area contributed by atoms with Crippen molar-refractivity contribution in [1.29, 1.82) is 5.26 Å². The predicted molar refractivity (Wildman–Crippen MR) is 50.1 cm³/mol. The van der Waals surface area contributed by atoms with Crippen molar-refractivity contribution in [3.63, 3.8) is 0 Å². The lowest BCUT2D eigenvalue weighted by molar-refractivity contribution is 0.393. The molecule has 66 valence electrons. The fourth-order valence-electron chi connectivity index (χ4n) is 1.30. The van der Waals surface area contributed by atoms with Gasteiger partial charge in [-0.05, 0) is 13.3 Å². The van der Waals surface area contributed by atoms with Crippen LogP contribution in [0.25, 0.3) is 0 Å². The second-order valence-corrected chi connectivity index (χ2v) is 2.69. The van der Waals surface area contributed by atoms with Crippen molar-refractivity contribution in [2.45, 2.75) is 33.2 Å². The van der Waals surface area contributed by atoms with E-state index < -0.39 is 0 Å². The molecule has 1 saturated heterocycles. The molecule has 1 rings (SSSR count). The minimum Gasteiger partial charge on any atom is -0.329 e. The first-order valence-corrected chi connectivity index (χ1v) is 4.40. The second-order valence-electron chi connectivity index (χ2n) is 2.69. The average Bonchev–Trinajstić information content (AvgIpc) is 2.49. The number of hydrogen-bond donors (Lipinski definition) is 0. The maximum atomic E-state index is 8.55. The van der Waals surface area contributed by atoms with E-state index in [0.29, 0.717) is 6.04 Å². The summed E-state index contributed by atoms with van der Waals surface area (Å²) in [6, 6.07) is 5.17. The van der Waals surface area contributed by atoms with Crippen LogP contribution in [0.5, 0.6) is 0 Å². The van der Waals surface area contributed by atoms with E-state index in [1.54, 1.807) is 0 Å². The molecule has 0 aliphatic carbocycles. The van der Waals surface area contributed by atoms with Crippen LogP contribution < -0.4 is 0 Å². The van der Waals surface area contributed by atoms with E-state index in [9.17, 15) is 0 Å². The molecule has 0 N–H and O–H groups in total. The monoisotopic (exact) mass is 164 g/mol. The third kappa shape index (κ3) is 2.47. The van der Waals surface area contributed by atoms with Crippen molar-refractivity contribution >= 4 is 0 Å². The summed E-state index contributed by atoms with van der Waals surface area (Å²) in [5, 5.41) is 8.55. The number of hydrogen-bond acceptors (Lipinski definition) is 2. The van der Waals surface area contributed by atoms with Gasteiger partial charge in [0.05, 0.1) is 12.0 Å². The van der Waals surface area contributed by atoms with Crippen molar-refractivity contribution in [2.24, 2.45) is 5.92 Å². The highest BCUT2D eigenvalue weighted by Gasteiger charge is 2.26. The van der Waals surface area contributed by atoms with Crippen LogP contribution in [0.2, 0.25) is 0 Å². The number of nitrogens with zero attached hydrogens (tertiary/aromatic N) is 2. The molecule has 0 radical (unpaired) electrons. The maximum absolute atomic E-state index is 8.55. The van der Waals surface area contributed by atoms with Gasteiger partial charge < -0.3 is 4.90 Å².